The van der Waals surface area contributed by atoms with Gasteiger partial charge in [-0.15, -0.1) is 0 Å². The Balaban J connectivity index is 4.07. The number of rotatable bonds is 13. The average molecular weight is 304 g/mol. The molecule has 0 heterocycles. The van der Waals surface area contributed by atoms with Gasteiger partial charge in [0.2, 0.25) is 6.29 Å². The van der Waals surface area contributed by atoms with Gasteiger partial charge in [0.15, 0.2) is 0 Å². The Bertz CT molecular complexity index is 234. The Hall–Kier alpha value is -0.220. The number of carbonyl (C=O) groups excluding carboxylic acids is 1. The van der Waals surface area contributed by atoms with Crippen LogP contribution < -0.4 is 0 Å². The van der Waals surface area contributed by atoms with Crippen LogP contribution in [0, 0.1) is 0 Å². The molecule has 0 aliphatic rings. The van der Waals surface area contributed by atoms with Crippen LogP contribution in [0.25, 0.3) is 0 Å². The molecule has 0 aromatic carbocycles. The average Bonchev–Trinajstić information content (AvgIpc) is 2.46. The first-order chi connectivity index (χ1) is 9.65. The molecule has 0 spiro atoms. The number of hydrogen-bond donors (Lipinski definition) is 1. The number of carbonyl (C=O) groups is 1. The monoisotopic (exact) mass is 304 g/mol. The molecule has 0 bridgehead atoms. The molecule has 0 saturated heterocycles. The van der Waals surface area contributed by atoms with E-state index in [0.717, 1.165) is 38.5 Å². The molecule has 4 heteroatoms. The van der Waals surface area contributed by atoms with Crippen molar-refractivity contribution in [1.29, 1.82) is 0 Å². The van der Waals surface area contributed by atoms with E-state index in [1.54, 1.807) is 0 Å². The SMILES string of the molecule is CCCCCCC(OCCC)OC(=O)C(S)CCCC. The van der Waals surface area contributed by atoms with Crippen LogP contribution in [0.15, 0.2) is 0 Å². The Labute approximate surface area is 130 Å². The van der Waals surface area contributed by atoms with E-state index in [1.807, 2.05) is 0 Å². The lowest BCUT2D eigenvalue weighted by Crippen LogP contribution is -2.27. The first-order valence-corrected chi connectivity index (χ1v) is 8.67. The van der Waals surface area contributed by atoms with Crippen molar-refractivity contribution in [2.75, 3.05) is 6.61 Å². The molecular weight excluding hydrogens is 272 g/mol. The lowest BCUT2D eigenvalue weighted by atomic mass is 10.1. The number of esters is 1. The molecular formula is C16H32O3S. The molecule has 0 aliphatic carbocycles. The van der Waals surface area contributed by atoms with Crippen molar-refractivity contribution in [1.82, 2.24) is 0 Å². The highest BCUT2D eigenvalue weighted by molar-refractivity contribution is 7.81. The number of unbranched alkanes of at least 4 members (excludes halogenated alkanes) is 4. The first-order valence-electron chi connectivity index (χ1n) is 8.15. The fraction of sp³-hybridized carbons (Fsp3) is 0.938. The molecule has 0 aromatic rings. The Kier molecular flexibility index (Phi) is 13.6. The Morgan fingerprint density at radius 2 is 1.65 bits per heavy atom. The maximum atomic E-state index is 11.9. The summed E-state index contributed by atoms with van der Waals surface area (Å²) in [6.45, 7) is 6.98. The molecule has 0 aliphatic heterocycles. The molecule has 0 radical (unpaired) electrons. The molecule has 0 fully saturated rings. The van der Waals surface area contributed by atoms with Gasteiger partial charge < -0.3 is 9.47 Å². The van der Waals surface area contributed by atoms with Crippen LogP contribution in [0.4, 0.5) is 0 Å². The van der Waals surface area contributed by atoms with E-state index in [2.05, 4.69) is 33.4 Å². The number of hydrogen-bond acceptors (Lipinski definition) is 4. The van der Waals surface area contributed by atoms with Gasteiger partial charge in [-0.1, -0.05) is 52.9 Å². The van der Waals surface area contributed by atoms with E-state index in [-0.39, 0.29) is 11.2 Å². The van der Waals surface area contributed by atoms with Crippen molar-refractivity contribution in [3.63, 3.8) is 0 Å². The minimum Gasteiger partial charge on any atom is -0.435 e. The summed E-state index contributed by atoms with van der Waals surface area (Å²) in [5, 5.41) is -0.321. The predicted octanol–water partition coefficient (Wildman–Crippen LogP) is 4.74. The normalized spacial score (nSPS) is 14.0. The van der Waals surface area contributed by atoms with Crippen molar-refractivity contribution in [2.45, 2.75) is 90.1 Å². The van der Waals surface area contributed by atoms with Gasteiger partial charge >= 0.3 is 5.97 Å². The second-order valence-electron chi connectivity index (χ2n) is 5.24. The van der Waals surface area contributed by atoms with Gasteiger partial charge in [0, 0.05) is 6.42 Å². The highest BCUT2D eigenvalue weighted by Crippen LogP contribution is 2.14. The lowest BCUT2D eigenvalue weighted by molar-refractivity contribution is -0.180. The van der Waals surface area contributed by atoms with Gasteiger partial charge in [-0.2, -0.15) is 12.6 Å². The molecule has 0 rings (SSSR count). The Morgan fingerprint density at radius 3 is 2.25 bits per heavy atom. The zero-order chi connectivity index (χ0) is 15.2. The minimum atomic E-state index is -0.393. The van der Waals surface area contributed by atoms with Gasteiger partial charge in [-0.25, -0.2) is 0 Å². The van der Waals surface area contributed by atoms with E-state index in [9.17, 15) is 4.79 Å². The van der Waals surface area contributed by atoms with E-state index in [1.165, 1.54) is 19.3 Å². The maximum absolute atomic E-state index is 11.9. The van der Waals surface area contributed by atoms with Gasteiger partial charge in [-0.05, 0) is 19.3 Å². The molecule has 0 N–H and O–H groups in total. The molecule has 0 saturated carbocycles. The zero-order valence-electron chi connectivity index (χ0n) is 13.4. The smallest absolute Gasteiger partial charge is 0.321 e. The predicted molar refractivity (Wildman–Crippen MR) is 87.2 cm³/mol. The van der Waals surface area contributed by atoms with Gasteiger partial charge in [0.1, 0.15) is 0 Å². The second-order valence-corrected chi connectivity index (χ2v) is 5.87. The molecule has 0 aromatic heterocycles. The third-order valence-corrected chi connectivity index (χ3v) is 3.62. The highest BCUT2D eigenvalue weighted by atomic mass is 32.1. The molecule has 120 valence electrons. The van der Waals surface area contributed by atoms with Crippen molar-refractivity contribution in [3.8, 4) is 0 Å². The van der Waals surface area contributed by atoms with Crippen LogP contribution in [0.5, 0.6) is 0 Å². The summed E-state index contributed by atoms with van der Waals surface area (Å²) in [6.07, 6.45) is 8.81. The van der Waals surface area contributed by atoms with E-state index < -0.39 is 6.29 Å². The van der Waals surface area contributed by atoms with Crippen molar-refractivity contribution in [2.24, 2.45) is 0 Å². The summed E-state index contributed by atoms with van der Waals surface area (Å²) in [4.78, 5) is 11.9. The van der Waals surface area contributed by atoms with Crippen LogP contribution in [0.2, 0.25) is 0 Å². The van der Waals surface area contributed by atoms with Crippen LogP contribution >= 0.6 is 12.6 Å². The fourth-order valence-electron chi connectivity index (χ4n) is 1.89. The maximum Gasteiger partial charge on any atom is 0.321 e. The number of ether oxygens (including phenoxy) is 2. The van der Waals surface area contributed by atoms with Gasteiger partial charge in [0.25, 0.3) is 0 Å². The third-order valence-electron chi connectivity index (χ3n) is 3.15. The minimum absolute atomic E-state index is 0.238. The quantitative estimate of drug-likeness (QED) is 0.231. The summed E-state index contributed by atoms with van der Waals surface area (Å²) in [5.74, 6) is -0.238. The van der Waals surface area contributed by atoms with Crippen LogP contribution in [-0.2, 0) is 14.3 Å². The van der Waals surface area contributed by atoms with Gasteiger partial charge in [0.05, 0.1) is 11.9 Å². The summed E-state index contributed by atoms with van der Waals surface area (Å²) >= 11 is 4.32. The van der Waals surface area contributed by atoms with E-state index in [0.29, 0.717) is 6.61 Å². The first kappa shape index (κ1) is 19.8. The van der Waals surface area contributed by atoms with E-state index >= 15 is 0 Å². The van der Waals surface area contributed by atoms with Gasteiger partial charge in [-0.3, -0.25) is 4.79 Å². The van der Waals surface area contributed by atoms with Crippen LogP contribution in [0.3, 0.4) is 0 Å². The molecule has 3 nitrogen and oxygen atoms in total. The zero-order valence-corrected chi connectivity index (χ0v) is 14.3. The largest absolute Gasteiger partial charge is 0.435 e. The summed E-state index contributed by atoms with van der Waals surface area (Å²) in [5.41, 5.74) is 0. The molecule has 2 unspecified atom stereocenters. The third kappa shape index (κ3) is 10.6. The standard InChI is InChI=1S/C16H32O3S/c1-4-7-9-10-12-15(18-13-6-3)19-16(17)14(20)11-8-5-2/h14-15,20H,4-13H2,1-3H3. The second kappa shape index (κ2) is 13.7. The topological polar surface area (TPSA) is 35.5 Å². The summed E-state index contributed by atoms with van der Waals surface area (Å²) in [6, 6.07) is 0. The van der Waals surface area contributed by atoms with Crippen molar-refractivity contribution in [3.05, 3.63) is 0 Å². The van der Waals surface area contributed by atoms with Crippen LogP contribution in [0.1, 0.15) is 78.6 Å². The Morgan fingerprint density at radius 1 is 0.950 bits per heavy atom. The number of thiol groups is 1. The molecule has 2 atom stereocenters. The lowest BCUT2D eigenvalue weighted by Gasteiger charge is -2.20. The summed E-state index contributed by atoms with van der Waals surface area (Å²) < 4.78 is 11.1. The van der Waals surface area contributed by atoms with E-state index in [4.69, 9.17) is 9.47 Å². The van der Waals surface area contributed by atoms with Crippen LogP contribution in [-0.4, -0.2) is 24.1 Å². The highest BCUT2D eigenvalue weighted by Gasteiger charge is 2.20. The summed E-state index contributed by atoms with van der Waals surface area (Å²) in [7, 11) is 0. The fourth-order valence-corrected chi connectivity index (χ4v) is 2.13. The molecule has 20 heavy (non-hydrogen) atoms. The molecule has 0 amide bonds. The van der Waals surface area contributed by atoms with Crippen molar-refractivity contribution >= 4 is 18.6 Å². The van der Waals surface area contributed by atoms with Crippen molar-refractivity contribution < 1.29 is 14.3 Å².